The lowest BCUT2D eigenvalue weighted by molar-refractivity contribution is -0.117. The van der Waals surface area contributed by atoms with Crippen LogP contribution >= 0.6 is 11.6 Å². The highest BCUT2D eigenvalue weighted by atomic mass is 35.5. The highest BCUT2D eigenvalue weighted by Crippen LogP contribution is 2.21. The summed E-state index contributed by atoms with van der Waals surface area (Å²) in [5, 5.41) is 3.22. The number of sulfonamides is 1. The van der Waals surface area contributed by atoms with Crippen molar-refractivity contribution in [3.63, 3.8) is 0 Å². The number of nitrogens with zero attached hydrogens (tertiary/aromatic N) is 2. The van der Waals surface area contributed by atoms with E-state index in [1.165, 1.54) is 32.4 Å². The van der Waals surface area contributed by atoms with Gasteiger partial charge in [-0.15, -0.1) is 0 Å². The molecule has 1 aromatic heterocycles. The number of rotatable bonds is 5. The summed E-state index contributed by atoms with van der Waals surface area (Å²) in [5.41, 5.74) is 0.784. The lowest BCUT2D eigenvalue weighted by Crippen LogP contribution is -2.23. The van der Waals surface area contributed by atoms with Gasteiger partial charge >= 0.3 is 0 Å². The fourth-order valence-corrected chi connectivity index (χ4v) is 3.03. The molecule has 0 aliphatic heterocycles. The molecule has 128 valence electrons. The summed E-state index contributed by atoms with van der Waals surface area (Å²) in [6.07, 6.45) is 1.22. The van der Waals surface area contributed by atoms with Crippen LogP contribution < -0.4 is 5.32 Å². The van der Waals surface area contributed by atoms with Gasteiger partial charge in [0.05, 0.1) is 5.92 Å². The van der Waals surface area contributed by atoms with Gasteiger partial charge in [0.25, 0.3) is 0 Å². The second-order valence-corrected chi connectivity index (χ2v) is 8.02. The maximum absolute atomic E-state index is 12.3. The first-order valence-corrected chi connectivity index (χ1v) is 8.98. The van der Waals surface area contributed by atoms with E-state index < -0.39 is 15.9 Å². The molecule has 1 atom stereocenters. The number of carbonyl (C=O) groups is 1. The largest absolute Gasteiger partial charge is 0.310 e. The molecule has 1 aromatic carbocycles. The van der Waals surface area contributed by atoms with Crippen molar-refractivity contribution in [2.75, 3.05) is 19.4 Å². The maximum atomic E-state index is 12.3. The van der Waals surface area contributed by atoms with Crippen molar-refractivity contribution in [3.05, 3.63) is 53.2 Å². The van der Waals surface area contributed by atoms with Crippen LogP contribution in [0.5, 0.6) is 0 Å². The average Bonchev–Trinajstić information content (AvgIpc) is 2.54. The molecule has 0 aliphatic rings. The summed E-state index contributed by atoms with van der Waals surface area (Å²) in [4.78, 5) is 16.4. The van der Waals surface area contributed by atoms with E-state index in [2.05, 4.69) is 10.3 Å². The van der Waals surface area contributed by atoms with Gasteiger partial charge in [-0.3, -0.25) is 4.79 Å². The minimum atomic E-state index is -3.54. The van der Waals surface area contributed by atoms with Gasteiger partial charge in [0, 0.05) is 25.3 Å². The Morgan fingerprint density at radius 2 is 1.96 bits per heavy atom. The molecule has 2 rings (SSSR count). The summed E-state index contributed by atoms with van der Waals surface area (Å²) >= 11 is 5.93. The standard InChI is InChI=1S/C16H18ClN3O3S/c1-11(12-5-4-6-13(17)9-12)16(21)19-15-8-7-14(10-18-15)24(22,23)20(2)3/h4-11H,1-3H3,(H,18,19,21). The van der Waals surface area contributed by atoms with Gasteiger partial charge in [0.1, 0.15) is 10.7 Å². The monoisotopic (exact) mass is 367 g/mol. The summed E-state index contributed by atoms with van der Waals surface area (Å²) < 4.78 is 25.1. The van der Waals surface area contributed by atoms with Crippen molar-refractivity contribution < 1.29 is 13.2 Å². The van der Waals surface area contributed by atoms with Gasteiger partial charge in [-0.05, 0) is 36.8 Å². The van der Waals surface area contributed by atoms with Gasteiger partial charge in [-0.2, -0.15) is 0 Å². The topological polar surface area (TPSA) is 79.4 Å². The summed E-state index contributed by atoms with van der Waals surface area (Å²) in [6, 6.07) is 9.92. The molecule has 0 fully saturated rings. The number of hydrogen-bond acceptors (Lipinski definition) is 4. The molecule has 2 aromatic rings. The molecule has 1 N–H and O–H groups in total. The Balaban J connectivity index is 2.12. The summed E-state index contributed by atoms with van der Waals surface area (Å²) in [6.45, 7) is 1.76. The molecule has 1 unspecified atom stereocenters. The third-order valence-corrected chi connectivity index (χ3v) is 5.54. The number of carbonyl (C=O) groups excluding carboxylic acids is 1. The van der Waals surface area contributed by atoms with Crippen LogP contribution in [0.4, 0.5) is 5.82 Å². The number of hydrogen-bond donors (Lipinski definition) is 1. The number of amides is 1. The lowest BCUT2D eigenvalue weighted by Gasteiger charge is -2.13. The maximum Gasteiger partial charge on any atom is 0.244 e. The highest BCUT2D eigenvalue weighted by molar-refractivity contribution is 7.89. The minimum absolute atomic E-state index is 0.0633. The van der Waals surface area contributed by atoms with E-state index in [1.54, 1.807) is 25.1 Å². The number of halogens is 1. The predicted octanol–water partition coefficient (Wildman–Crippen LogP) is 2.73. The number of anilines is 1. The van der Waals surface area contributed by atoms with Crippen molar-refractivity contribution in [1.29, 1.82) is 0 Å². The van der Waals surface area contributed by atoms with Gasteiger partial charge in [-0.25, -0.2) is 17.7 Å². The summed E-state index contributed by atoms with van der Waals surface area (Å²) in [7, 11) is -0.658. The molecule has 0 spiro atoms. The van der Waals surface area contributed by atoms with Crippen molar-refractivity contribution in [3.8, 4) is 0 Å². The minimum Gasteiger partial charge on any atom is -0.310 e. The SMILES string of the molecule is CC(C(=O)Nc1ccc(S(=O)(=O)N(C)C)cn1)c1cccc(Cl)c1. The van der Waals surface area contributed by atoms with Crippen LogP contribution in [0.2, 0.25) is 5.02 Å². The Hall–Kier alpha value is -1.96. The molecule has 0 bridgehead atoms. The predicted molar refractivity (Wildman–Crippen MR) is 93.6 cm³/mol. The van der Waals surface area contributed by atoms with Crippen molar-refractivity contribution in [1.82, 2.24) is 9.29 Å². The molecule has 0 radical (unpaired) electrons. The first-order valence-electron chi connectivity index (χ1n) is 7.16. The van der Waals surface area contributed by atoms with E-state index in [4.69, 9.17) is 11.6 Å². The van der Waals surface area contributed by atoms with Gasteiger partial charge in [0.15, 0.2) is 0 Å². The second-order valence-electron chi connectivity index (χ2n) is 5.43. The van der Waals surface area contributed by atoms with E-state index in [-0.39, 0.29) is 16.6 Å². The Bertz CT molecular complexity index is 836. The third-order valence-electron chi connectivity index (χ3n) is 3.51. The molecule has 0 saturated heterocycles. The Morgan fingerprint density at radius 3 is 2.50 bits per heavy atom. The molecule has 1 amide bonds. The normalized spacial score (nSPS) is 12.9. The lowest BCUT2D eigenvalue weighted by atomic mass is 10.0. The van der Waals surface area contributed by atoms with E-state index in [9.17, 15) is 13.2 Å². The van der Waals surface area contributed by atoms with E-state index >= 15 is 0 Å². The van der Waals surface area contributed by atoms with Gasteiger partial charge in [0.2, 0.25) is 15.9 Å². The first-order chi connectivity index (χ1) is 11.2. The van der Waals surface area contributed by atoms with Crippen LogP contribution in [-0.2, 0) is 14.8 Å². The van der Waals surface area contributed by atoms with E-state index in [0.717, 1.165) is 9.87 Å². The van der Waals surface area contributed by atoms with Gasteiger partial charge < -0.3 is 5.32 Å². The second kappa shape index (κ2) is 7.29. The average molecular weight is 368 g/mol. The zero-order valence-electron chi connectivity index (χ0n) is 13.5. The van der Waals surface area contributed by atoms with Crippen molar-refractivity contribution in [2.24, 2.45) is 0 Å². The third kappa shape index (κ3) is 4.11. The zero-order valence-corrected chi connectivity index (χ0v) is 15.1. The summed E-state index contributed by atoms with van der Waals surface area (Å²) in [5.74, 6) is -0.393. The van der Waals surface area contributed by atoms with Crippen LogP contribution in [0.1, 0.15) is 18.4 Å². The van der Waals surface area contributed by atoms with Crippen LogP contribution in [-0.4, -0.2) is 37.7 Å². The molecule has 0 aliphatic carbocycles. The number of aromatic nitrogens is 1. The van der Waals surface area contributed by atoms with Crippen LogP contribution in [0.25, 0.3) is 0 Å². The molecule has 24 heavy (non-hydrogen) atoms. The molecule has 8 heteroatoms. The van der Waals surface area contributed by atoms with Crippen LogP contribution in [0.3, 0.4) is 0 Å². The Kier molecular flexibility index (Phi) is 5.58. The van der Waals surface area contributed by atoms with Crippen molar-refractivity contribution in [2.45, 2.75) is 17.7 Å². The smallest absolute Gasteiger partial charge is 0.244 e. The van der Waals surface area contributed by atoms with Crippen LogP contribution in [0, 0.1) is 0 Å². The number of pyridine rings is 1. The van der Waals surface area contributed by atoms with Crippen molar-refractivity contribution >= 4 is 33.3 Å². The fourth-order valence-electron chi connectivity index (χ4n) is 1.98. The zero-order chi connectivity index (χ0) is 17.9. The highest BCUT2D eigenvalue weighted by Gasteiger charge is 2.19. The molecular weight excluding hydrogens is 350 g/mol. The van der Waals surface area contributed by atoms with E-state index in [0.29, 0.717) is 5.02 Å². The molecule has 1 heterocycles. The van der Waals surface area contributed by atoms with Crippen LogP contribution in [0.15, 0.2) is 47.5 Å². The Labute approximate surface area is 146 Å². The number of benzene rings is 1. The Morgan fingerprint density at radius 1 is 1.25 bits per heavy atom. The molecular formula is C16H18ClN3O3S. The van der Waals surface area contributed by atoms with E-state index in [1.807, 2.05) is 6.07 Å². The number of nitrogens with one attached hydrogen (secondary N) is 1. The fraction of sp³-hybridized carbons (Fsp3) is 0.250. The quantitative estimate of drug-likeness (QED) is 0.881. The molecule has 6 nitrogen and oxygen atoms in total. The van der Waals surface area contributed by atoms with Gasteiger partial charge in [-0.1, -0.05) is 23.7 Å². The molecule has 0 saturated carbocycles. The first kappa shape index (κ1) is 18.4.